The Labute approximate surface area is 220 Å². The Hall–Kier alpha value is -3.96. The van der Waals surface area contributed by atoms with Crippen LogP contribution in [0.1, 0.15) is 39.5 Å². The fraction of sp³-hybridized carbons (Fsp3) is 0.188. The Morgan fingerprint density at radius 1 is 0.838 bits per heavy atom. The molecule has 0 spiro atoms. The quantitative estimate of drug-likeness (QED) is 0.297. The van der Waals surface area contributed by atoms with Crippen molar-refractivity contribution in [2.45, 2.75) is 32.6 Å². The number of aromatic nitrogens is 1. The van der Waals surface area contributed by atoms with Crippen LogP contribution in [0.25, 0.3) is 21.2 Å². The molecule has 0 saturated carbocycles. The molecule has 4 bridgehead atoms. The van der Waals surface area contributed by atoms with Crippen LogP contribution in [0.4, 0.5) is 0 Å². The molecule has 0 atom stereocenters. The number of thiazole rings is 1. The van der Waals surface area contributed by atoms with E-state index in [0.717, 1.165) is 52.1 Å². The number of aryl methyl sites for hydroxylation is 4. The van der Waals surface area contributed by atoms with E-state index in [1.807, 2.05) is 13.1 Å². The molecule has 4 nitrogen and oxygen atoms in total. The number of carbonyl (C=O) groups is 1. The molecule has 4 aliphatic carbocycles. The second-order valence-corrected chi connectivity index (χ2v) is 10.5. The number of nitrogens with one attached hydrogen (secondary N) is 1. The maximum absolute atomic E-state index is 13.7. The first kappa shape index (κ1) is 23.4. The fourth-order valence-electron chi connectivity index (χ4n) is 4.96. The van der Waals surface area contributed by atoms with Gasteiger partial charge in [-0.25, -0.2) is 4.68 Å². The summed E-state index contributed by atoms with van der Waals surface area (Å²) in [7, 11) is 0. The minimum absolute atomic E-state index is 0.0942. The third kappa shape index (κ3) is 5.00. The molecule has 5 aromatic rings. The first-order chi connectivity index (χ1) is 18.2. The van der Waals surface area contributed by atoms with E-state index in [1.165, 1.54) is 27.5 Å². The zero-order valence-electron chi connectivity index (χ0n) is 20.9. The smallest absolute Gasteiger partial charge is 0.267 e. The molecule has 0 unspecified atom stereocenters. The van der Waals surface area contributed by atoms with Crippen molar-refractivity contribution in [1.82, 2.24) is 4.68 Å². The van der Waals surface area contributed by atoms with Crippen LogP contribution < -0.4 is 10.2 Å². The minimum Gasteiger partial charge on any atom is -0.267 e. The Morgan fingerprint density at radius 2 is 1.54 bits per heavy atom. The van der Waals surface area contributed by atoms with Gasteiger partial charge < -0.3 is 0 Å². The number of carbonyl (C=O) groups excluding carboxylic acids is 1. The molecule has 4 aromatic carbocycles. The molecule has 1 N–H and O–H groups in total. The highest BCUT2D eigenvalue weighted by Gasteiger charge is 2.16. The van der Waals surface area contributed by atoms with Crippen molar-refractivity contribution < 1.29 is 4.79 Å². The number of hydrogen-bond acceptors (Lipinski definition) is 3. The number of fused-ring (bicyclic) bond motifs is 1. The van der Waals surface area contributed by atoms with E-state index in [-0.39, 0.29) is 5.91 Å². The summed E-state index contributed by atoms with van der Waals surface area (Å²) in [6.45, 7) is 2.66. The van der Waals surface area contributed by atoms with Gasteiger partial charge in [-0.1, -0.05) is 84.1 Å². The Kier molecular flexibility index (Phi) is 6.46. The van der Waals surface area contributed by atoms with Gasteiger partial charge in [0.1, 0.15) is 0 Å². The summed E-state index contributed by atoms with van der Waals surface area (Å²) >= 11 is 1.59. The standard InChI is InChI=1S/C32H29N3OS/c1-2-33-32-35(21-30(37-32)28-18-17-25-5-3-4-6-27(25)20-28)34-31(36)29-19-24-12-11-22-7-9-23(10-8-22)13-15-26(29)16-14-24/h3-10,14,16-21H,2,11-13,15H2,1H3,(H,34,36). The monoisotopic (exact) mass is 503 g/mol. The van der Waals surface area contributed by atoms with E-state index < -0.39 is 0 Å². The van der Waals surface area contributed by atoms with Crippen molar-refractivity contribution in [2.24, 2.45) is 4.99 Å². The summed E-state index contributed by atoms with van der Waals surface area (Å²) in [5.74, 6) is -0.0942. The molecular formula is C32H29N3OS. The molecule has 4 aliphatic rings. The molecule has 0 radical (unpaired) electrons. The van der Waals surface area contributed by atoms with E-state index in [2.05, 4.69) is 95.3 Å². The topological polar surface area (TPSA) is 46.4 Å². The summed E-state index contributed by atoms with van der Waals surface area (Å²) in [5.41, 5.74) is 9.90. The van der Waals surface area contributed by atoms with Crippen molar-refractivity contribution in [3.05, 3.63) is 124 Å². The first-order valence-corrected chi connectivity index (χ1v) is 13.7. The lowest BCUT2D eigenvalue weighted by atomic mass is 9.93. The highest BCUT2D eigenvalue weighted by atomic mass is 32.1. The second-order valence-electron chi connectivity index (χ2n) is 9.53. The number of amides is 1. The Balaban J connectivity index is 1.33. The lowest BCUT2D eigenvalue weighted by Gasteiger charge is -2.15. The van der Waals surface area contributed by atoms with Crippen molar-refractivity contribution in [2.75, 3.05) is 12.0 Å². The van der Waals surface area contributed by atoms with E-state index >= 15 is 0 Å². The van der Waals surface area contributed by atoms with Gasteiger partial charge in [0, 0.05) is 18.3 Å². The third-order valence-electron chi connectivity index (χ3n) is 7.03. The lowest BCUT2D eigenvalue weighted by Crippen LogP contribution is -2.30. The van der Waals surface area contributed by atoms with Crippen LogP contribution in [0.5, 0.6) is 0 Å². The SMILES string of the molecule is CCN=c1sc(-c2ccc3ccccc3c2)cn1NC(=O)c1cc2ccc1CCc1ccc(cc1)CC2. The van der Waals surface area contributed by atoms with Crippen molar-refractivity contribution >= 4 is 28.0 Å². The maximum Gasteiger partial charge on any atom is 0.270 e. The molecule has 1 heterocycles. The summed E-state index contributed by atoms with van der Waals surface area (Å²) in [5, 5.41) is 2.41. The number of nitrogens with zero attached hydrogens (tertiary/aromatic N) is 2. The molecule has 5 heteroatoms. The number of rotatable bonds is 4. The van der Waals surface area contributed by atoms with Crippen LogP contribution in [0.3, 0.4) is 0 Å². The zero-order chi connectivity index (χ0) is 25.2. The van der Waals surface area contributed by atoms with Crippen molar-refractivity contribution in [3.8, 4) is 10.4 Å². The number of benzene rings is 4. The molecule has 1 amide bonds. The van der Waals surface area contributed by atoms with Crippen LogP contribution in [0.15, 0.2) is 96.1 Å². The average molecular weight is 504 g/mol. The molecule has 0 fully saturated rings. The van der Waals surface area contributed by atoms with Crippen LogP contribution in [0.2, 0.25) is 0 Å². The van der Waals surface area contributed by atoms with Gasteiger partial charge in [0.2, 0.25) is 4.80 Å². The minimum atomic E-state index is -0.0942. The highest BCUT2D eigenvalue weighted by Crippen LogP contribution is 2.26. The predicted molar refractivity (Wildman–Crippen MR) is 153 cm³/mol. The van der Waals surface area contributed by atoms with Crippen LogP contribution in [-0.2, 0) is 25.7 Å². The largest absolute Gasteiger partial charge is 0.270 e. The van der Waals surface area contributed by atoms with Gasteiger partial charge in [0.15, 0.2) is 0 Å². The molecule has 9 rings (SSSR count). The van der Waals surface area contributed by atoms with Gasteiger partial charge in [-0.3, -0.25) is 15.2 Å². The molecular weight excluding hydrogens is 474 g/mol. The predicted octanol–water partition coefficient (Wildman–Crippen LogP) is 6.56. The van der Waals surface area contributed by atoms with Gasteiger partial charge in [0.05, 0.1) is 4.88 Å². The lowest BCUT2D eigenvalue weighted by molar-refractivity contribution is 0.101. The van der Waals surface area contributed by atoms with Gasteiger partial charge in [-0.2, -0.15) is 0 Å². The van der Waals surface area contributed by atoms with Gasteiger partial charge in [0.25, 0.3) is 5.91 Å². The van der Waals surface area contributed by atoms with Crippen LogP contribution >= 0.6 is 11.3 Å². The van der Waals surface area contributed by atoms with Crippen molar-refractivity contribution in [1.29, 1.82) is 0 Å². The summed E-state index contributed by atoms with van der Waals surface area (Å²) < 4.78 is 1.79. The summed E-state index contributed by atoms with van der Waals surface area (Å²) in [4.78, 5) is 20.2. The summed E-state index contributed by atoms with van der Waals surface area (Å²) in [6.07, 6.45) is 5.60. The Morgan fingerprint density at radius 3 is 2.32 bits per heavy atom. The van der Waals surface area contributed by atoms with E-state index in [1.54, 1.807) is 16.0 Å². The van der Waals surface area contributed by atoms with E-state index in [9.17, 15) is 4.79 Å². The molecule has 184 valence electrons. The van der Waals surface area contributed by atoms with E-state index in [0.29, 0.717) is 6.54 Å². The Bertz CT molecular complexity index is 1660. The normalized spacial score (nSPS) is 13.5. The second kappa shape index (κ2) is 10.2. The van der Waals surface area contributed by atoms with E-state index in [4.69, 9.17) is 0 Å². The van der Waals surface area contributed by atoms with Crippen LogP contribution in [-0.4, -0.2) is 17.1 Å². The molecule has 0 aliphatic heterocycles. The van der Waals surface area contributed by atoms with Crippen LogP contribution in [0, 0.1) is 0 Å². The maximum atomic E-state index is 13.7. The average Bonchev–Trinajstić information content (AvgIpc) is 3.32. The van der Waals surface area contributed by atoms with Gasteiger partial charge in [-0.05, 0) is 83.3 Å². The molecule has 0 saturated heterocycles. The van der Waals surface area contributed by atoms with Crippen molar-refractivity contribution in [3.63, 3.8) is 0 Å². The fourth-order valence-corrected chi connectivity index (χ4v) is 5.95. The van der Waals surface area contributed by atoms with Gasteiger partial charge >= 0.3 is 0 Å². The first-order valence-electron chi connectivity index (χ1n) is 12.9. The third-order valence-corrected chi connectivity index (χ3v) is 8.10. The molecule has 1 aromatic heterocycles. The zero-order valence-corrected chi connectivity index (χ0v) is 21.7. The highest BCUT2D eigenvalue weighted by molar-refractivity contribution is 7.12. The molecule has 37 heavy (non-hydrogen) atoms. The number of hydrogen-bond donors (Lipinski definition) is 1. The van der Waals surface area contributed by atoms with Gasteiger partial charge in [-0.15, -0.1) is 0 Å². The summed E-state index contributed by atoms with van der Waals surface area (Å²) in [6, 6.07) is 30.1.